The van der Waals surface area contributed by atoms with Crippen LogP contribution in [-0.4, -0.2) is 52.2 Å². The van der Waals surface area contributed by atoms with Gasteiger partial charge in [0.1, 0.15) is 23.7 Å². The first-order valence-electron chi connectivity index (χ1n) is 7.70. The number of carbonyl (C=O) groups excluding carboxylic acids is 1. The largest absolute Gasteiger partial charge is 0.486 e. The Bertz CT molecular complexity index is 664. The van der Waals surface area contributed by atoms with Crippen molar-refractivity contribution < 1.29 is 14.3 Å². The molecule has 2 aromatic rings. The molecule has 6 nitrogen and oxygen atoms in total. The van der Waals surface area contributed by atoms with Gasteiger partial charge >= 0.3 is 0 Å². The number of ether oxygens (including phenoxy) is 2. The lowest BCUT2D eigenvalue weighted by Gasteiger charge is -2.38. The van der Waals surface area contributed by atoms with Gasteiger partial charge in [-0.2, -0.15) is 0 Å². The molecule has 0 spiro atoms. The van der Waals surface area contributed by atoms with Crippen molar-refractivity contribution in [2.45, 2.75) is 31.1 Å². The summed E-state index contributed by atoms with van der Waals surface area (Å²) in [5, 5.41) is 1.80. The Morgan fingerprint density at radius 3 is 3.17 bits per heavy atom. The number of amides is 1. The summed E-state index contributed by atoms with van der Waals surface area (Å²) in [5.41, 5.74) is 2.21. The van der Waals surface area contributed by atoms with Crippen LogP contribution in [0.2, 0.25) is 0 Å². The first-order valence-corrected chi connectivity index (χ1v) is 8.64. The second-order valence-electron chi connectivity index (χ2n) is 5.70. The van der Waals surface area contributed by atoms with Gasteiger partial charge in [-0.1, -0.05) is 0 Å². The third kappa shape index (κ3) is 2.82. The van der Waals surface area contributed by atoms with E-state index in [1.54, 1.807) is 23.3 Å². The van der Waals surface area contributed by atoms with Crippen molar-refractivity contribution in [2.75, 3.05) is 13.2 Å². The Hall–Kier alpha value is -1.99. The van der Waals surface area contributed by atoms with E-state index in [2.05, 4.69) is 9.97 Å². The number of hydrogen-bond acceptors (Lipinski definition) is 6. The van der Waals surface area contributed by atoms with Crippen molar-refractivity contribution in [3.05, 3.63) is 41.1 Å². The van der Waals surface area contributed by atoms with Crippen LogP contribution in [0.25, 0.3) is 0 Å². The number of aromatic nitrogens is 2. The number of hydrogen-bond donors (Lipinski definition) is 0. The fourth-order valence-electron chi connectivity index (χ4n) is 3.35. The van der Waals surface area contributed by atoms with E-state index in [4.69, 9.17) is 9.47 Å². The van der Waals surface area contributed by atoms with Crippen molar-refractivity contribution in [3.63, 3.8) is 0 Å². The number of rotatable bonds is 3. The highest BCUT2D eigenvalue weighted by Gasteiger charge is 2.46. The maximum atomic E-state index is 12.6. The second kappa shape index (κ2) is 6.25. The Labute approximate surface area is 138 Å². The third-order valence-electron chi connectivity index (χ3n) is 4.37. The number of nitrogens with zero attached hydrogens (tertiary/aromatic N) is 3. The van der Waals surface area contributed by atoms with Gasteiger partial charge in [0.2, 0.25) is 0 Å². The molecule has 0 aromatic carbocycles. The summed E-state index contributed by atoms with van der Waals surface area (Å²) in [4.78, 5) is 22.7. The fourth-order valence-corrected chi connectivity index (χ4v) is 3.88. The van der Waals surface area contributed by atoms with Crippen molar-refractivity contribution >= 4 is 17.2 Å². The summed E-state index contributed by atoms with van der Waals surface area (Å²) in [6.07, 6.45) is 5.03. The van der Waals surface area contributed by atoms with Crippen LogP contribution in [0.15, 0.2) is 35.4 Å². The first-order chi connectivity index (χ1) is 11.3. The highest BCUT2D eigenvalue weighted by Crippen LogP contribution is 2.33. The topological polar surface area (TPSA) is 64.6 Å². The molecule has 0 bridgehead atoms. The molecule has 7 heteroatoms. The lowest BCUT2D eigenvalue weighted by Crippen LogP contribution is -2.54. The summed E-state index contributed by atoms with van der Waals surface area (Å²) < 4.78 is 12.0. The molecule has 120 valence electrons. The quantitative estimate of drug-likeness (QED) is 0.860. The molecule has 2 aliphatic rings. The van der Waals surface area contributed by atoms with E-state index in [9.17, 15) is 4.79 Å². The van der Waals surface area contributed by atoms with E-state index in [1.807, 2.05) is 17.0 Å². The lowest BCUT2D eigenvalue weighted by molar-refractivity contribution is -0.0787. The van der Waals surface area contributed by atoms with Crippen LogP contribution in [0.5, 0.6) is 5.75 Å². The number of morpholine rings is 1. The molecule has 1 aliphatic heterocycles. The molecule has 2 aromatic heterocycles. The van der Waals surface area contributed by atoms with Crippen LogP contribution in [-0.2, 0) is 4.74 Å². The third-order valence-corrected chi connectivity index (χ3v) is 4.96. The van der Waals surface area contributed by atoms with Crippen LogP contribution in [0.4, 0.5) is 0 Å². The van der Waals surface area contributed by atoms with Crippen LogP contribution >= 0.6 is 11.3 Å². The van der Waals surface area contributed by atoms with Crippen molar-refractivity contribution in [3.8, 4) is 5.75 Å². The molecule has 3 atom stereocenters. The molecule has 0 radical (unpaired) electrons. The Morgan fingerprint density at radius 2 is 2.39 bits per heavy atom. The van der Waals surface area contributed by atoms with E-state index in [-0.39, 0.29) is 24.2 Å². The molecule has 23 heavy (non-hydrogen) atoms. The highest BCUT2D eigenvalue weighted by atomic mass is 32.1. The zero-order valence-electron chi connectivity index (χ0n) is 12.5. The molecule has 2 fully saturated rings. The van der Waals surface area contributed by atoms with Gasteiger partial charge in [-0.05, 0) is 25.0 Å². The summed E-state index contributed by atoms with van der Waals surface area (Å²) >= 11 is 1.44. The molecule has 1 saturated carbocycles. The molecular formula is C16H17N3O3S. The Morgan fingerprint density at radius 1 is 1.43 bits per heavy atom. The van der Waals surface area contributed by atoms with Crippen molar-refractivity contribution in [1.29, 1.82) is 0 Å². The van der Waals surface area contributed by atoms with Crippen LogP contribution in [0, 0.1) is 0 Å². The van der Waals surface area contributed by atoms with E-state index in [0.717, 1.165) is 18.6 Å². The van der Waals surface area contributed by atoms with E-state index >= 15 is 0 Å². The van der Waals surface area contributed by atoms with Crippen molar-refractivity contribution in [1.82, 2.24) is 14.9 Å². The zero-order valence-corrected chi connectivity index (χ0v) is 13.3. The van der Waals surface area contributed by atoms with E-state index in [1.165, 1.54) is 11.3 Å². The smallest absolute Gasteiger partial charge is 0.273 e. The maximum absolute atomic E-state index is 12.6. The molecule has 1 amide bonds. The minimum absolute atomic E-state index is 0.00780. The highest BCUT2D eigenvalue weighted by molar-refractivity contribution is 7.07. The van der Waals surface area contributed by atoms with Crippen LogP contribution in [0.3, 0.4) is 0 Å². The number of thiazole rings is 1. The molecule has 3 heterocycles. The maximum Gasteiger partial charge on any atom is 0.273 e. The second-order valence-corrected chi connectivity index (χ2v) is 6.42. The summed E-state index contributed by atoms with van der Waals surface area (Å²) in [6, 6.07) is 3.79. The Kier molecular flexibility index (Phi) is 3.97. The van der Waals surface area contributed by atoms with Gasteiger partial charge in [0, 0.05) is 18.1 Å². The predicted octanol–water partition coefficient (Wildman–Crippen LogP) is 1.99. The average molecular weight is 331 g/mol. The van der Waals surface area contributed by atoms with Crippen molar-refractivity contribution in [2.24, 2.45) is 0 Å². The van der Waals surface area contributed by atoms with Gasteiger partial charge < -0.3 is 14.4 Å². The molecule has 1 aliphatic carbocycles. The molecule has 0 unspecified atom stereocenters. The SMILES string of the molecule is O=C(c1cscn1)N1CCO[C@H]2[C@@H](Oc3cccnc3)CC[C@@H]21. The standard InChI is InChI=1S/C16H17N3O3S/c20-16(12-9-23-10-18-12)19-6-7-21-15-13(19)3-4-14(15)22-11-2-1-5-17-8-11/h1-2,5,8-10,13-15H,3-4,6-7H2/t13-,14-,15+/m0/s1. The van der Waals surface area contributed by atoms with Crippen LogP contribution in [0.1, 0.15) is 23.3 Å². The Balaban J connectivity index is 1.49. The van der Waals surface area contributed by atoms with Gasteiger partial charge in [-0.15, -0.1) is 11.3 Å². The summed E-state index contributed by atoms with van der Waals surface area (Å²) in [5.74, 6) is 0.733. The van der Waals surface area contributed by atoms with Crippen LogP contribution < -0.4 is 4.74 Å². The van der Waals surface area contributed by atoms with Gasteiger partial charge in [0.15, 0.2) is 0 Å². The number of carbonyl (C=O) groups is 1. The molecular weight excluding hydrogens is 314 g/mol. The van der Waals surface area contributed by atoms with Gasteiger partial charge in [-0.25, -0.2) is 4.98 Å². The predicted molar refractivity (Wildman–Crippen MR) is 84.6 cm³/mol. The van der Waals surface area contributed by atoms with Gasteiger partial charge in [0.25, 0.3) is 5.91 Å². The van der Waals surface area contributed by atoms with Gasteiger partial charge in [-0.3, -0.25) is 9.78 Å². The summed E-state index contributed by atoms with van der Waals surface area (Å²) in [7, 11) is 0. The monoisotopic (exact) mass is 331 g/mol. The minimum Gasteiger partial charge on any atom is -0.486 e. The first kappa shape index (κ1) is 14.6. The normalized spacial score (nSPS) is 26.8. The summed E-state index contributed by atoms with van der Waals surface area (Å²) in [6.45, 7) is 1.14. The fraction of sp³-hybridized carbons (Fsp3) is 0.438. The van der Waals surface area contributed by atoms with E-state index in [0.29, 0.717) is 18.8 Å². The lowest BCUT2D eigenvalue weighted by atomic mass is 10.1. The number of pyridine rings is 1. The zero-order chi connectivity index (χ0) is 15.6. The van der Waals surface area contributed by atoms with Gasteiger partial charge in [0.05, 0.1) is 24.4 Å². The molecule has 4 rings (SSSR count). The molecule has 0 N–H and O–H groups in total. The number of fused-ring (bicyclic) bond motifs is 1. The average Bonchev–Trinajstić information content (AvgIpc) is 3.25. The van der Waals surface area contributed by atoms with E-state index < -0.39 is 0 Å². The minimum atomic E-state index is -0.0912. The molecule has 1 saturated heterocycles.